The maximum atomic E-state index is 12.1. The van der Waals surface area contributed by atoms with Crippen LogP contribution in [0.3, 0.4) is 0 Å². The van der Waals surface area contributed by atoms with Gasteiger partial charge in [0.25, 0.3) is 0 Å². The first-order chi connectivity index (χ1) is 6.42. The van der Waals surface area contributed by atoms with Crippen LogP contribution in [-0.2, 0) is 6.42 Å². The quantitative estimate of drug-likeness (QED) is 0.580. The van der Waals surface area contributed by atoms with Crippen molar-refractivity contribution in [2.45, 2.75) is 17.5 Å². The summed E-state index contributed by atoms with van der Waals surface area (Å²) in [6, 6.07) is 5.03. The van der Waals surface area contributed by atoms with Crippen molar-refractivity contribution in [2.75, 3.05) is 6.26 Å². The fourth-order valence-electron chi connectivity index (χ4n) is 1.01. The summed E-state index contributed by atoms with van der Waals surface area (Å²) in [6.45, 7) is 0. The highest BCUT2D eigenvalue weighted by Gasteiger charge is 2.28. The monoisotopic (exact) mass is 332 g/mol. The summed E-state index contributed by atoms with van der Waals surface area (Å²) in [7, 11) is 0. The highest BCUT2D eigenvalue weighted by molar-refractivity contribution is 14.1. The van der Waals surface area contributed by atoms with Gasteiger partial charge in [0.1, 0.15) is 0 Å². The maximum Gasteiger partial charge on any atom is 0.393 e. The molecule has 1 aromatic rings. The molecule has 0 bridgehead atoms. The van der Waals surface area contributed by atoms with Gasteiger partial charge in [0, 0.05) is 8.47 Å². The SMILES string of the molecule is CSc1ccc(CC(F)(F)F)c(I)c1. The molecule has 0 spiro atoms. The lowest BCUT2D eigenvalue weighted by molar-refractivity contribution is -0.127. The van der Waals surface area contributed by atoms with Crippen LogP contribution in [-0.4, -0.2) is 12.4 Å². The molecule has 78 valence electrons. The topological polar surface area (TPSA) is 0 Å². The Morgan fingerprint density at radius 3 is 2.43 bits per heavy atom. The number of hydrogen-bond acceptors (Lipinski definition) is 1. The zero-order chi connectivity index (χ0) is 10.8. The van der Waals surface area contributed by atoms with Gasteiger partial charge in [-0.25, -0.2) is 0 Å². The van der Waals surface area contributed by atoms with Crippen molar-refractivity contribution >= 4 is 34.4 Å². The van der Waals surface area contributed by atoms with E-state index in [1.807, 2.05) is 28.8 Å². The molecule has 1 rings (SSSR count). The van der Waals surface area contributed by atoms with Gasteiger partial charge < -0.3 is 0 Å². The van der Waals surface area contributed by atoms with Crippen LogP contribution in [0.5, 0.6) is 0 Å². The van der Waals surface area contributed by atoms with E-state index in [9.17, 15) is 13.2 Å². The molecule has 0 nitrogen and oxygen atoms in total. The normalized spacial score (nSPS) is 11.8. The molecule has 0 N–H and O–H groups in total. The molecule has 0 heterocycles. The van der Waals surface area contributed by atoms with Gasteiger partial charge in [-0.1, -0.05) is 6.07 Å². The summed E-state index contributed by atoms with van der Waals surface area (Å²) in [5.41, 5.74) is 0.343. The van der Waals surface area contributed by atoms with Gasteiger partial charge >= 0.3 is 6.18 Å². The second kappa shape index (κ2) is 4.74. The third-order valence-corrected chi connectivity index (χ3v) is 3.38. The fourth-order valence-corrected chi connectivity index (χ4v) is 2.37. The highest BCUT2D eigenvalue weighted by atomic mass is 127. The second-order valence-corrected chi connectivity index (χ2v) is 4.79. The van der Waals surface area contributed by atoms with Crippen LogP contribution in [0.25, 0.3) is 0 Å². The Labute approximate surface area is 98.4 Å². The minimum absolute atomic E-state index is 0.343. The van der Waals surface area contributed by atoms with Crippen LogP contribution >= 0.6 is 34.4 Å². The van der Waals surface area contributed by atoms with Crippen molar-refractivity contribution in [3.8, 4) is 0 Å². The molecule has 0 atom stereocenters. The average Bonchev–Trinajstić information content (AvgIpc) is 2.06. The standard InChI is InChI=1S/C9H8F3IS/c1-14-7-3-2-6(8(13)4-7)5-9(10,11)12/h2-4H,5H2,1H3. The first-order valence-corrected chi connectivity index (χ1v) is 6.12. The third kappa shape index (κ3) is 3.68. The Kier molecular flexibility index (Phi) is 4.12. The molecular weight excluding hydrogens is 324 g/mol. The van der Waals surface area contributed by atoms with Crippen LogP contribution in [0.4, 0.5) is 13.2 Å². The van der Waals surface area contributed by atoms with E-state index in [1.54, 1.807) is 18.2 Å². The molecule has 1 aromatic carbocycles. The van der Waals surface area contributed by atoms with E-state index in [-0.39, 0.29) is 0 Å². The number of rotatable bonds is 2. The van der Waals surface area contributed by atoms with E-state index in [0.717, 1.165) is 4.90 Å². The van der Waals surface area contributed by atoms with E-state index in [0.29, 0.717) is 9.13 Å². The van der Waals surface area contributed by atoms with Crippen LogP contribution in [0.1, 0.15) is 5.56 Å². The Bertz CT molecular complexity index is 322. The molecule has 0 saturated carbocycles. The number of thioether (sulfide) groups is 1. The molecule has 0 aromatic heterocycles. The van der Waals surface area contributed by atoms with Gasteiger partial charge in [-0.2, -0.15) is 13.2 Å². The number of halogens is 4. The molecule has 0 amide bonds. The zero-order valence-corrected chi connectivity index (χ0v) is 10.3. The number of benzene rings is 1. The van der Waals surface area contributed by atoms with Gasteiger partial charge in [0.2, 0.25) is 0 Å². The summed E-state index contributed by atoms with van der Waals surface area (Å²) in [4.78, 5) is 0.986. The van der Waals surface area contributed by atoms with Crippen molar-refractivity contribution in [3.05, 3.63) is 27.3 Å². The van der Waals surface area contributed by atoms with Crippen LogP contribution < -0.4 is 0 Å². The molecule has 5 heteroatoms. The van der Waals surface area contributed by atoms with E-state index in [4.69, 9.17) is 0 Å². The van der Waals surface area contributed by atoms with Gasteiger partial charge in [-0.3, -0.25) is 0 Å². The molecule has 0 saturated heterocycles. The Hall–Kier alpha value is 0.0900. The van der Waals surface area contributed by atoms with Crippen molar-refractivity contribution < 1.29 is 13.2 Å². The number of alkyl halides is 3. The Morgan fingerprint density at radius 1 is 1.36 bits per heavy atom. The predicted octanol–water partition coefficient (Wildman–Crippen LogP) is 4.12. The summed E-state index contributed by atoms with van der Waals surface area (Å²) in [5.74, 6) is 0. The lowest BCUT2D eigenvalue weighted by atomic mass is 10.1. The second-order valence-electron chi connectivity index (χ2n) is 2.75. The predicted molar refractivity (Wildman–Crippen MR) is 60.7 cm³/mol. The van der Waals surface area contributed by atoms with Crippen LogP contribution in [0.2, 0.25) is 0 Å². The molecule has 0 fully saturated rings. The van der Waals surface area contributed by atoms with Crippen LogP contribution in [0, 0.1) is 3.57 Å². The lowest BCUT2D eigenvalue weighted by Gasteiger charge is -2.09. The molecule has 0 radical (unpaired) electrons. The average molecular weight is 332 g/mol. The minimum Gasteiger partial charge on any atom is -0.171 e. The van der Waals surface area contributed by atoms with Gasteiger partial charge in [-0.15, -0.1) is 11.8 Å². The minimum atomic E-state index is -4.12. The van der Waals surface area contributed by atoms with Gasteiger partial charge in [0.15, 0.2) is 0 Å². The van der Waals surface area contributed by atoms with E-state index in [1.165, 1.54) is 11.8 Å². The van der Waals surface area contributed by atoms with Crippen molar-refractivity contribution in [1.82, 2.24) is 0 Å². The van der Waals surface area contributed by atoms with Gasteiger partial charge in [-0.05, 0) is 46.5 Å². The number of hydrogen-bond donors (Lipinski definition) is 0. The summed E-state index contributed by atoms with van der Waals surface area (Å²) >= 11 is 3.46. The fraction of sp³-hybridized carbons (Fsp3) is 0.333. The van der Waals surface area contributed by atoms with Crippen molar-refractivity contribution in [2.24, 2.45) is 0 Å². The van der Waals surface area contributed by atoms with E-state index < -0.39 is 12.6 Å². The largest absolute Gasteiger partial charge is 0.393 e. The highest BCUT2D eigenvalue weighted by Crippen LogP contribution is 2.27. The first kappa shape index (κ1) is 12.2. The van der Waals surface area contributed by atoms with E-state index in [2.05, 4.69) is 0 Å². The summed E-state index contributed by atoms with van der Waals surface area (Å²) in [6.07, 6.45) is -3.07. The Balaban J connectivity index is 2.89. The van der Waals surface area contributed by atoms with E-state index >= 15 is 0 Å². The lowest BCUT2D eigenvalue weighted by Crippen LogP contribution is -2.12. The first-order valence-electron chi connectivity index (χ1n) is 3.81. The summed E-state index contributed by atoms with van der Waals surface area (Å²) in [5, 5.41) is 0. The molecule has 0 aliphatic rings. The molecule has 0 aliphatic carbocycles. The molecule has 0 unspecified atom stereocenters. The molecular formula is C9H8F3IS. The zero-order valence-electron chi connectivity index (χ0n) is 7.36. The maximum absolute atomic E-state index is 12.1. The molecule has 14 heavy (non-hydrogen) atoms. The third-order valence-electron chi connectivity index (χ3n) is 1.65. The smallest absolute Gasteiger partial charge is 0.171 e. The van der Waals surface area contributed by atoms with Crippen molar-refractivity contribution in [3.63, 3.8) is 0 Å². The Morgan fingerprint density at radius 2 is 2.00 bits per heavy atom. The van der Waals surface area contributed by atoms with Gasteiger partial charge in [0.05, 0.1) is 6.42 Å². The molecule has 0 aliphatic heterocycles. The van der Waals surface area contributed by atoms with Crippen LogP contribution in [0.15, 0.2) is 23.1 Å². The van der Waals surface area contributed by atoms with Crippen molar-refractivity contribution in [1.29, 1.82) is 0 Å². The summed E-state index contributed by atoms with van der Waals surface area (Å²) < 4.78 is 37.0.